The lowest BCUT2D eigenvalue weighted by atomic mass is 10.1. The first-order valence-electron chi connectivity index (χ1n) is 8.43. The number of aromatic nitrogens is 4. The molecule has 2 aromatic heterocycles. The zero-order valence-electron chi connectivity index (χ0n) is 14.3. The van der Waals surface area contributed by atoms with Crippen molar-refractivity contribution < 1.29 is 19.0 Å². The first kappa shape index (κ1) is 17.5. The van der Waals surface area contributed by atoms with Crippen molar-refractivity contribution in [3.8, 4) is 22.6 Å². The van der Waals surface area contributed by atoms with E-state index in [0.717, 1.165) is 0 Å². The van der Waals surface area contributed by atoms with Crippen LogP contribution < -0.4 is 5.73 Å². The Morgan fingerprint density at radius 3 is 2.56 bits per heavy atom. The van der Waals surface area contributed by atoms with Crippen LogP contribution in [0.15, 0.2) is 36.5 Å². The Kier molecular flexibility index (Phi) is 4.80. The Morgan fingerprint density at radius 1 is 1.15 bits per heavy atom. The van der Waals surface area contributed by atoms with Gasteiger partial charge < -0.3 is 25.3 Å². The lowest BCUT2D eigenvalue weighted by molar-refractivity contribution is -0.213. The van der Waals surface area contributed by atoms with Crippen LogP contribution in [0.25, 0.3) is 22.6 Å². The molecule has 9 heteroatoms. The number of nitrogens with two attached hydrogens (primary N) is 1. The van der Waals surface area contributed by atoms with Crippen LogP contribution in [0.5, 0.6) is 0 Å². The number of hydrogen-bond donors (Lipinski definition) is 3. The lowest BCUT2D eigenvalue weighted by Gasteiger charge is -2.26. The van der Waals surface area contributed by atoms with Crippen molar-refractivity contribution in [2.75, 3.05) is 25.6 Å². The molecular weight excluding hydrogens is 353 g/mol. The van der Waals surface area contributed by atoms with Gasteiger partial charge in [0.25, 0.3) is 0 Å². The van der Waals surface area contributed by atoms with Crippen LogP contribution >= 0.6 is 0 Å². The zero-order valence-corrected chi connectivity index (χ0v) is 14.3. The van der Waals surface area contributed by atoms with Crippen LogP contribution in [0.1, 0.15) is 12.1 Å². The van der Waals surface area contributed by atoms with E-state index < -0.39 is 6.29 Å². The van der Waals surface area contributed by atoms with Gasteiger partial charge in [0.15, 0.2) is 5.82 Å². The Labute approximate surface area is 154 Å². The van der Waals surface area contributed by atoms with Crippen LogP contribution in [0.2, 0.25) is 0 Å². The molecule has 1 fully saturated rings. The van der Waals surface area contributed by atoms with E-state index >= 15 is 0 Å². The predicted octanol–water partition coefficient (Wildman–Crippen LogP) is 1.91. The molecule has 3 heterocycles. The number of halogens is 1. The quantitative estimate of drug-likeness (QED) is 0.641. The molecule has 1 aromatic carbocycles. The second kappa shape index (κ2) is 7.39. The van der Waals surface area contributed by atoms with Crippen molar-refractivity contribution in [2.24, 2.45) is 5.92 Å². The monoisotopic (exact) mass is 371 g/mol. The van der Waals surface area contributed by atoms with Crippen molar-refractivity contribution in [3.05, 3.63) is 48.2 Å². The number of aromatic amines is 1. The Bertz CT molecular complexity index is 923. The fourth-order valence-electron chi connectivity index (χ4n) is 2.82. The molecule has 1 saturated heterocycles. The van der Waals surface area contributed by atoms with Crippen LogP contribution in [0.3, 0.4) is 0 Å². The minimum absolute atomic E-state index is 0.00281. The van der Waals surface area contributed by atoms with E-state index in [0.29, 0.717) is 41.7 Å². The van der Waals surface area contributed by atoms with E-state index in [9.17, 15) is 9.50 Å². The third-order valence-electron chi connectivity index (χ3n) is 4.22. The maximum Gasteiger partial charge on any atom is 0.220 e. The molecule has 0 unspecified atom stereocenters. The minimum atomic E-state index is -0.695. The van der Waals surface area contributed by atoms with Gasteiger partial charge in [-0.15, -0.1) is 0 Å². The Morgan fingerprint density at radius 2 is 1.89 bits per heavy atom. The van der Waals surface area contributed by atoms with Gasteiger partial charge in [0.2, 0.25) is 12.2 Å². The number of aliphatic hydroxyl groups excluding tert-OH is 1. The minimum Gasteiger partial charge on any atom is -0.396 e. The number of nitrogens with one attached hydrogen (secondary N) is 1. The number of ether oxygens (including phenoxy) is 2. The fourth-order valence-corrected chi connectivity index (χ4v) is 2.82. The van der Waals surface area contributed by atoms with Gasteiger partial charge in [-0.05, 0) is 30.3 Å². The van der Waals surface area contributed by atoms with Gasteiger partial charge in [-0.2, -0.15) is 0 Å². The van der Waals surface area contributed by atoms with Gasteiger partial charge in [-0.25, -0.2) is 19.3 Å². The van der Waals surface area contributed by atoms with E-state index in [1.54, 1.807) is 24.4 Å². The van der Waals surface area contributed by atoms with Crippen molar-refractivity contribution in [1.29, 1.82) is 0 Å². The summed E-state index contributed by atoms with van der Waals surface area (Å²) >= 11 is 0. The maximum absolute atomic E-state index is 13.3. The number of nitrogens with zero attached hydrogens (tertiary/aromatic N) is 3. The van der Waals surface area contributed by atoms with Gasteiger partial charge in [0.05, 0.1) is 36.9 Å². The lowest BCUT2D eigenvalue weighted by Crippen LogP contribution is -2.29. The molecule has 0 atom stereocenters. The molecule has 0 bridgehead atoms. The van der Waals surface area contributed by atoms with Crippen LogP contribution in [-0.4, -0.2) is 44.9 Å². The Balaban J connectivity index is 1.74. The molecule has 0 aliphatic carbocycles. The average Bonchev–Trinajstić information content (AvgIpc) is 3.14. The van der Waals surface area contributed by atoms with E-state index in [2.05, 4.69) is 19.9 Å². The average molecular weight is 371 g/mol. The molecular formula is C18H18FN5O3. The summed E-state index contributed by atoms with van der Waals surface area (Å²) in [7, 11) is 0. The molecule has 1 aliphatic rings. The number of imidazole rings is 1. The number of anilines is 1. The molecule has 0 spiro atoms. The SMILES string of the molecule is Nc1nccc(-c2[nH]c(C3OCC(CO)CO3)nc2-c2ccc(F)cc2)n1. The summed E-state index contributed by atoms with van der Waals surface area (Å²) in [5, 5.41) is 9.20. The largest absolute Gasteiger partial charge is 0.396 e. The standard InChI is InChI=1S/C18H18FN5O3/c19-12-3-1-11(2-4-12)14-15(13-5-6-21-18(20)22-13)24-16(23-14)17-26-8-10(7-25)9-27-17/h1-6,10,17,25H,7-9H2,(H,23,24)(H2,20,21,22). The van der Waals surface area contributed by atoms with E-state index in [4.69, 9.17) is 15.2 Å². The summed E-state index contributed by atoms with van der Waals surface area (Å²) < 4.78 is 24.6. The third-order valence-corrected chi connectivity index (χ3v) is 4.22. The number of hydrogen-bond acceptors (Lipinski definition) is 7. The second-order valence-corrected chi connectivity index (χ2v) is 6.20. The third kappa shape index (κ3) is 3.65. The summed E-state index contributed by atoms with van der Waals surface area (Å²) in [6.07, 6.45) is 0.853. The highest BCUT2D eigenvalue weighted by Crippen LogP contribution is 2.33. The highest BCUT2D eigenvalue weighted by Gasteiger charge is 2.27. The smallest absolute Gasteiger partial charge is 0.220 e. The molecule has 3 aromatic rings. The molecule has 4 N–H and O–H groups in total. The molecule has 140 valence electrons. The zero-order chi connectivity index (χ0) is 18.8. The highest BCUT2D eigenvalue weighted by molar-refractivity contribution is 5.76. The normalized spacial score (nSPS) is 19.9. The van der Waals surface area contributed by atoms with Gasteiger partial charge >= 0.3 is 0 Å². The molecule has 0 saturated carbocycles. The first-order valence-corrected chi connectivity index (χ1v) is 8.43. The van der Waals surface area contributed by atoms with E-state index in [1.165, 1.54) is 12.1 Å². The van der Waals surface area contributed by atoms with Crippen molar-refractivity contribution in [2.45, 2.75) is 6.29 Å². The molecule has 0 radical (unpaired) electrons. The maximum atomic E-state index is 13.3. The highest BCUT2D eigenvalue weighted by atomic mass is 19.1. The number of rotatable bonds is 4. The topological polar surface area (TPSA) is 119 Å². The summed E-state index contributed by atoms with van der Waals surface area (Å²) in [4.78, 5) is 15.9. The summed E-state index contributed by atoms with van der Waals surface area (Å²) in [6.45, 7) is 0.726. The summed E-state index contributed by atoms with van der Waals surface area (Å²) in [6, 6.07) is 7.69. The van der Waals surface area contributed by atoms with Crippen molar-refractivity contribution in [3.63, 3.8) is 0 Å². The number of H-pyrrole nitrogens is 1. The molecule has 27 heavy (non-hydrogen) atoms. The van der Waals surface area contributed by atoms with Gasteiger partial charge in [-0.3, -0.25) is 0 Å². The predicted molar refractivity (Wildman–Crippen MR) is 94.6 cm³/mol. The van der Waals surface area contributed by atoms with Gasteiger partial charge in [0, 0.05) is 17.7 Å². The number of nitrogen functional groups attached to an aromatic ring is 1. The molecule has 0 amide bonds. The van der Waals surface area contributed by atoms with E-state index in [-0.39, 0.29) is 24.3 Å². The van der Waals surface area contributed by atoms with Crippen LogP contribution in [0.4, 0.5) is 10.3 Å². The Hall–Kier alpha value is -2.88. The summed E-state index contributed by atoms with van der Waals surface area (Å²) in [5.41, 5.74) is 8.12. The molecule has 1 aliphatic heterocycles. The van der Waals surface area contributed by atoms with Crippen LogP contribution in [0, 0.1) is 11.7 Å². The van der Waals surface area contributed by atoms with Gasteiger partial charge in [-0.1, -0.05) is 0 Å². The van der Waals surface area contributed by atoms with E-state index in [1.807, 2.05) is 0 Å². The van der Waals surface area contributed by atoms with Crippen LogP contribution in [-0.2, 0) is 9.47 Å². The fraction of sp³-hybridized carbons (Fsp3) is 0.278. The first-order chi connectivity index (χ1) is 13.1. The number of benzene rings is 1. The van der Waals surface area contributed by atoms with Crippen molar-refractivity contribution >= 4 is 5.95 Å². The number of aliphatic hydroxyl groups is 1. The summed E-state index contributed by atoms with van der Waals surface area (Å²) in [5.74, 6) is 0.188. The van der Waals surface area contributed by atoms with Crippen molar-refractivity contribution in [1.82, 2.24) is 19.9 Å². The molecule has 8 nitrogen and oxygen atoms in total. The molecule has 4 rings (SSSR count). The second-order valence-electron chi connectivity index (χ2n) is 6.20. The van der Waals surface area contributed by atoms with Gasteiger partial charge in [0.1, 0.15) is 5.82 Å².